The molecule has 0 radical (unpaired) electrons. The molecular formula is C21H21N3O3S. The van der Waals surface area contributed by atoms with Gasteiger partial charge in [-0.3, -0.25) is 14.9 Å². The topological polar surface area (TPSA) is 96.0 Å². The predicted molar refractivity (Wildman–Crippen MR) is 108 cm³/mol. The molecule has 0 saturated heterocycles. The van der Waals surface area contributed by atoms with Gasteiger partial charge in [0.05, 0.1) is 15.9 Å². The number of aryl methyl sites for hydroxylation is 1. The number of nitrogens with zero attached hydrogens (tertiary/aromatic N) is 2. The van der Waals surface area contributed by atoms with E-state index in [0.717, 1.165) is 49.7 Å². The predicted octanol–water partition coefficient (Wildman–Crippen LogP) is 4.86. The maximum atomic E-state index is 13.4. The average molecular weight is 395 g/mol. The molecule has 6 nitrogen and oxygen atoms in total. The minimum Gasteiger partial charge on any atom is -0.316 e. The van der Waals surface area contributed by atoms with Gasteiger partial charge in [-0.25, -0.2) is 0 Å². The number of carbonyl (C=O) groups excluding carboxylic acids is 1. The smallest absolute Gasteiger partial charge is 0.269 e. The van der Waals surface area contributed by atoms with Crippen molar-refractivity contribution >= 4 is 27.9 Å². The Morgan fingerprint density at radius 2 is 1.82 bits per heavy atom. The van der Waals surface area contributed by atoms with Crippen LogP contribution in [0.4, 0.5) is 10.7 Å². The second-order valence-electron chi connectivity index (χ2n) is 7.57. The van der Waals surface area contributed by atoms with E-state index in [1.54, 1.807) is 12.1 Å². The fourth-order valence-corrected chi connectivity index (χ4v) is 5.76. The number of nitro benzene ring substituents is 1. The van der Waals surface area contributed by atoms with Gasteiger partial charge in [0.2, 0.25) is 5.91 Å². The molecule has 2 aliphatic carbocycles. The maximum absolute atomic E-state index is 13.4. The number of fused-ring (bicyclic) bond motifs is 1. The number of benzene rings is 1. The molecule has 1 saturated carbocycles. The van der Waals surface area contributed by atoms with E-state index in [-0.39, 0.29) is 11.6 Å². The number of thiophene rings is 1. The van der Waals surface area contributed by atoms with Crippen LogP contribution in [0.15, 0.2) is 24.3 Å². The average Bonchev–Trinajstić information content (AvgIpc) is 3.33. The Bertz CT molecular complexity index is 966. The molecule has 7 heteroatoms. The van der Waals surface area contributed by atoms with Gasteiger partial charge < -0.3 is 5.32 Å². The number of nitro groups is 1. The molecule has 1 N–H and O–H groups in total. The van der Waals surface area contributed by atoms with Gasteiger partial charge in [0, 0.05) is 17.0 Å². The van der Waals surface area contributed by atoms with Crippen molar-refractivity contribution in [2.24, 2.45) is 0 Å². The molecule has 0 aliphatic heterocycles. The van der Waals surface area contributed by atoms with E-state index in [4.69, 9.17) is 0 Å². The molecule has 2 aliphatic rings. The molecule has 0 unspecified atom stereocenters. The fraction of sp³-hybridized carbons (Fsp3) is 0.429. The molecule has 28 heavy (non-hydrogen) atoms. The Labute approximate surface area is 167 Å². The second-order valence-corrected chi connectivity index (χ2v) is 8.68. The standard InChI is InChI=1S/C21H21N3O3S/c22-13-17-16-5-1-2-6-18(16)28-19(17)23-20(25)21(11-3-4-12-21)14-7-9-15(10-8-14)24(26)27/h7-10H,1-6,11-12H2,(H,23,25). The van der Waals surface area contributed by atoms with Crippen LogP contribution in [0, 0.1) is 21.4 Å². The van der Waals surface area contributed by atoms with Crippen LogP contribution in [0.2, 0.25) is 0 Å². The lowest BCUT2D eigenvalue weighted by Crippen LogP contribution is -2.37. The fourth-order valence-electron chi connectivity index (χ4n) is 4.52. The van der Waals surface area contributed by atoms with Crippen LogP contribution in [0.3, 0.4) is 0 Å². The minimum atomic E-state index is -0.688. The molecule has 0 atom stereocenters. The Kier molecular flexibility index (Phi) is 4.90. The SMILES string of the molecule is N#Cc1c(NC(=O)C2(c3ccc([N+](=O)[O-])cc3)CCCC2)sc2c1CCCC2. The van der Waals surface area contributed by atoms with Gasteiger partial charge in [-0.05, 0) is 49.7 Å². The van der Waals surface area contributed by atoms with E-state index < -0.39 is 10.3 Å². The van der Waals surface area contributed by atoms with Crippen molar-refractivity contribution in [2.45, 2.75) is 56.8 Å². The number of rotatable bonds is 4. The number of hydrogen-bond acceptors (Lipinski definition) is 5. The second kappa shape index (κ2) is 7.36. The van der Waals surface area contributed by atoms with Gasteiger partial charge >= 0.3 is 0 Å². The van der Waals surface area contributed by atoms with Gasteiger partial charge in [0.25, 0.3) is 5.69 Å². The van der Waals surface area contributed by atoms with Gasteiger partial charge in [-0.2, -0.15) is 5.26 Å². The Hall–Kier alpha value is -2.72. The zero-order chi connectivity index (χ0) is 19.7. The highest BCUT2D eigenvalue weighted by molar-refractivity contribution is 7.16. The summed E-state index contributed by atoms with van der Waals surface area (Å²) in [5.41, 5.74) is 1.87. The van der Waals surface area contributed by atoms with Crippen molar-refractivity contribution in [1.29, 1.82) is 5.26 Å². The molecule has 0 spiro atoms. The monoisotopic (exact) mass is 395 g/mol. The number of nitriles is 1. The van der Waals surface area contributed by atoms with Crippen molar-refractivity contribution in [3.8, 4) is 6.07 Å². The molecular weight excluding hydrogens is 374 g/mol. The van der Waals surface area contributed by atoms with E-state index in [9.17, 15) is 20.2 Å². The van der Waals surface area contributed by atoms with Crippen molar-refractivity contribution in [1.82, 2.24) is 0 Å². The van der Waals surface area contributed by atoms with Crippen molar-refractivity contribution in [2.75, 3.05) is 5.32 Å². The van der Waals surface area contributed by atoms with Crippen LogP contribution in [0.1, 0.15) is 60.1 Å². The first-order valence-corrected chi connectivity index (χ1v) is 10.5. The first kappa shape index (κ1) is 18.6. The molecule has 1 aromatic carbocycles. The van der Waals surface area contributed by atoms with Crippen LogP contribution in [0.5, 0.6) is 0 Å². The number of amides is 1. The van der Waals surface area contributed by atoms with Crippen molar-refractivity contribution in [3.63, 3.8) is 0 Å². The summed E-state index contributed by atoms with van der Waals surface area (Å²) in [7, 11) is 0. The third kappa shape index (κ3) is 3.08. The Morgan fingerprint density at radius 1 is 1.14 bits per heavy atom. The lowest BCUT2D eigenvalue weighted by molar-refractivity contribution is -0.384. The molecule has 1 fully saturated rings. The summed E-state index contributed by atoms with van der Waals surface area (Å²) >= 11 is 1.53. The zero-order valence-corrected chi connectivity index (χ0v) is 16.3. The number of anilines is 1. The van der Waals surface area contributed by atoms with Crippen LogP contribution >= 0.6 is 11.3 Å². The third-order valence-electron chi connectivity index (χ3n) is 6.03. The quantitative estimate of drug-likeness (QED) is 0.591. The van der Waals surface area contributed by atoms with E-state index in [1.807, 2.05) is 0 Å². The first-order chi connectivity index (χ1) is 13.5. The van der Waals surface area contributed by atoms with Crippen molar-refractivity contribution < 1.29 is 9.72 Å². The van der Waals surface area contributed by atoms with E-state index in [0.29, 0.717) is 23.4 Å². The number of hydrogen-bond donors (Lipinski definition) is 1. The summed E-state index contributed by atoms with van der Waals surface area (Å²) in [5.74, 6) is -0.103. The molecule has 1 aromatic heterocycles. The number of carbonyl (C=O) groups is 1. The van der Waals surface area contributed by atoms with E-state index in [1.165, 1.54) is 28.3 Å². The summed E-state index contributed by atoms with van der Waals surface area (Å²) in [6.07, 6.45) is 7.38. The van der Waals surface area contributed by atoms with Crippen LogP contribution in [-0.2, 0) is 23.1 Å². The molecule has 144 valence electrons. The van der Waals surface area contributed by atoms with Crippen LogP contribution in [0.25, 0.3) is 0 Å². The number of nitrogens with one attached hydrogen (secondary N) is 1. The number of non-ortho nitro benzene ring substituents is 1. The van der Waals surface area contributed by atoms with Crippen LogP contribution < -0.4 is 5.32 Å². The Balaban J connectivity index is 1.66. The third-order valence-corrected chi connectivity index (χ3v) is 7.24. The Morgan fingerprint density at radius 3 is 2.46 bits per heavy atom. The highest BCUT2D eigenvalue weighted by Gasteiger charge is 2.43. The maximum Gasteiger partial charge on any atom is 0.269 e. The van der Waals surface area contributed by atoms with Gasteiger partial charge in [0.1, 0.15) is 11.1 Å². The van der Waals surface area contributed by atoms with Crippen molar-refractivity contribution in [3.05, 3.63) is 55.9 Å². The summed E-state index contributed by atoms with van der Waals surface area (Å²) in [5, 5.41) is 24.3. The molecule has 1 amide bonds. The summed E-state index contributed by atoms with van der Waals surface area (Å²) in [6.45, 7) is 0. The lowest BCUT2D eigenvalue weighted by atomic mass is 9.78. The normalized spacial score (nSPS) is 17.5. The largest absolute Gasteiger partial charge is 0.316 e. The molecule has 1 heterocycles. The highest BCUT2D eigenvalue weighted by Crippen LogP contribution is 2.44. The lowest BCUT2D eigenvalue weighted by Gasteiger charge is -2.28. The molecule has 2 aromatic rings. The molecule has 4 rings (SSSR count). The summed E-state index contributed by atoms with van der Waals surface area (Å²) in [4.78, 5) is 25.1. The highest BCUT2D eigenvalue weighted by atomic mass is 32.1. The first-order valence-electron chi connectivity index (χ1n) is 9.66. The zero-order valence-electron chi connectivity index (χ0n) is 15.5. The van der Waals surface area contributed by atoms with Gasteiger partial charge in [-0.1, -0.05) is 25.0 Å². The minimum absolute atomic E-state index is 0.0232. The summed E-state index contributed by atoms with van der Waals surface area (Å²) < 4.78 is 0. The van der Waals surface area contributed by atoms with E-state index >= 15 is 0 Å². The molecule has 0 bridgehead atoms. The van der Waals surface area contributed by atoms with Gasteiger partial charge in [0.15, 0.2) is 0 Å². The van der Waals surface area contributed by atoms with E-state index in [2.05, 4.69) is 11.4 Å². The van der Waals surface area contributed by atoms with Crippen LogP contribution in [-0.4, -0.2) is 10.8 Å². The van der Waals surface area contributed by atoms with Gasteiger partial charge in [-0.15, -0.1) is 11.3 Å². The summed E-state index contributed by atoms with van der Waals surface area (Å²) in [6, 6.07) is 8.63.